The number of aliphatic carboxylic acids is 2. The third-order valence-electron chi connectivity index (χ3n) is 3.31. The molecule has 4 N–H and O–H groups in total. The number of rotatable bonds is 9. The number of aryl methyl sites for hydroxylation is 1. The predicted molar refractivity (Wildman–Crippen MR) is 75.8 cm³/mol. The van der Waals surface area contributed by atoms with Crippen LogP contribution in [0.15, 0.2) is 24.3 Å². The number of alkyl halides is 1. The van der Waals surface area contributed by atoms with Gasteiger partial charge in [-0.3, -0.25) is 14.0 Å². The van der Waals surface area contributed by atoms with E-state index in [1.807, 2.05) is 12.1 Å². The Balaban J connectivity index is 2.66. The average Bonchev–Trinajstić information content (AvgIpc) is 2.45. The summed E-state index contributed by atoms with van der Waals surface area (Å²) in [6, 6.07) is 6.06. The van der Waals surface area contributed by atoms with Crippen molar-refractivity contribution < 1.29 is 24.2 Å². The highest BCUT2D eigenvalue weighted by Crippen LogP contribution is 2.16. The van der Waals surface area contributed by atoms with E-state index < -0.39 is 23.9 Å². The molecule has 0 aliphatic rings. The van der Waals surface area contributed by atoms with E-state index in [-0.39, 0.29) is 19.5 Å². The molecule has 1 aromatic carbocycles. The highest BCUT2D eigenvalue weighted by molar-refractivity contribution is 5.76. The number of halogens is 1. The van der Waals surface area contributed by atoms with Crippen molar-refractivity contribution in [3.8, 4) is 0 Å². The summed E-state index contributed by atoms with van der Waals surface area (Å²) in [6.45, 7) is -0.365. The number of carbonyl (C=O) groups is 2. The molecule has 6 heteroatoms. The first-order chi connectivity index (χ1) is 9.93. The van der Waals surface area contributed by atoms with Gasteiger partial charge in [-0.2, -0.15) is 0 Å². The van der Waals surface area contributed by atoms with Gasteiger partial charge < -0.3 is 15.9 Å². The van der Waals surface area contributed by atoms with Gasteiger partial charge in [0.05, 0.1) is 12.6 Å². The van der Waals surface area contributed by atoms with Crippen LogP contribution in [0, 0.1) is 5.92 Å². The van der Waals surface area contributed by atoms with Crippen molar-refractivity contribution in [2.75, 3.05) is 6.67 Å². The second kappa shape index (κ2) is 8.36. The Hall–Kier alpha value is -1.95. The molecule has 21 heavy (non-hydrogen) atoms. The van der Waals surface area contributed by atoms with Crippen LogP contribution in [0.4, 0.5) is 4.39 Å². The van der Waals surface area contributed by atoms with E-state index in [1.54, 1.807) is 12.1 Å². The molecule has 0 unspecified atom stereocenters. The zero-order valence-electron chi connectivity index (χ0n) is 11.7. The maximum absolute atomic E-state index is 12.1. The largest absolute Gasteiger partial charge is 0.481 e. The first kappa shape index (κ1) is 17.1. The van der Waals surface area contributed by atoms with Gasteiger partial charge >= 0.3 is 11.9 Å². The van der Waals surface area contributed by atoms with Crippen molar-refractivity contribution in [1.29, 1.82) is 0 Å². The number of carboxylic acid groups (broad SMARTS) is 2. The summed E-state index contributed by atoms with van der Waals surface area (Å²) < 4.78 is 12.1. The van der Waals surface area contributed by atoms with Crippen LogP contribution in [0.25, 0.3) is 0 Å². The van der Waals surface area contributed by atoms with Crippen molar-refractivity contribution in [3.05, 3.63) is 35.4 Å². The zero-order chi connectivity index (χ0) is 15.8. The molecule has 0 fully saturated rings. The van der Waals surface area contributed by atoms with Crippen molar-refractivity contribution in [2.45, 2.75) is 31.7 Å². The number of carboxylic acids is 2. The average molecular weight is 297 g/mol. The quantitative estimate of drug-likeness (QED) is 0.643. The summed E-state index contributed by atoms with van der Waals surface area (Å²) in [7, 11) is 0. The maximum atomic E-state index is 12.1. The summed E-state index contributed by atoms with van der Waals surface area (Å²) >= 11 is 0. The van der Waals surface area contributed by atoms with Gasteiger partial charge in [-0.15, -0.1) is 0 Å². The van der Waals surface area contributed by atoms with Gasteiger partial charge in [0.25, 0.3) is 0 Å². The number of hydrogen-bond acceptors (Lipinski definition) is 3. The van der Waals surface area contributed by atoms with Crippen LogP contribution >= 0.6 is 0 Å². The summed E-state index contributed by atoms with van der Waals surface area (Å²) in [6.07, 6.45) is 1.21. The molecule has 5 nitrogen and oxygen atoms in total. The lowest BCUT2D eigenvalue weighted by Crippen LogP contribution is -2.35. The third-order valence-corrected chi connectivity index (χ3v) is 3.31. The van der Waals surface area contributed by atoms with E-state index >= 15 is 0 Å². The molecule has 0 aliphatic heterocycles. The van der Waals surface area contributed by atoms with Gasteiger partial charge in [0, 0.05) is 0 Å². The molecule has 1 rings (SSSR count). The first-order valence-electron chi connectivity index (χ1n) is 6.79. The Morgan fingerprint density at radius 2 is 1.67 bits per heavy atom. The Kier molecular flexibility index (Phi) is 6.81. The van der Waals surface area contributed by atoms with E-state index in [4.69, 9.17) is 15.9 Å². The second-order valence-electron chi connectivity index (χ2n) is 5.03. The molecule has 0 saturated carbocycles. The first-order valence-corrected chi connectivity index (χ1v) is 6.79. The fourth-order valence-corrected chi connectivity index (χ4v) is 2.08. The van der Waals surface area contributed by atoms with Crippen molar-refractivity contribution in [3.63, 3.8) is 0 Å². The molecule has 0 aromatic heterocycles. The van der Waals surface area contributed by atoms with Crippen LogP contribution in [0.3, 0.4) is 0 Å². The molecule has 116 valence electrons. The van der Waals surface area contributed by atoms with E-state index in [0.29, 0.717) is 12.8 Å². The van der Waals surface area contributed by atoms with Gasteiger partial charge in [-0.05, 0) is 36.8 Å². The lowest BCUT2D eigenvalue weighted by atomic mass is 9.92. The van der Waals surface area contributed by atoms with Gasteiger partial charge in [0.1, 0.15) is 6.04 Å². The SMILES string of the molecule is N[C@H](C[C@@H](Cc1ccc(CCCF)cc1)C(=O)O)C(=O)O. The lowest BCUT2D eigenvalue weighted by Gasteiger charge is -2.15. The smallest absolute Gasteiger partial charge is 0.320 e. The highest BCUT2D eigenvalue weighted by Gasteiger charge is 2.24. The second-order valence-corrected chi connectivity index (χ2v) is 5.03. The fourth-order valence-electron chi connectivity index (χ4n) is 2.08. The summed E-state index contributed by atoms with van der Waals surface area (Å²) in [4.78, 5) is 21.9. The molecule has 1 aromatic rings. The van der Waals surface area contributed by atoms with E-state index in [9.17, 15) is 14.0 Å². The maximum Gasteiger partial charge on any atom is 0.320 e. The molecule has 0 aliphatic carbocycles. The highest BCUT2D eigenvalue weighted by atomic mass is 19.1. The van der Waals surface area contributed by atoms with Crippen LogP contribution in [-0.4, -0.2) is 34.9 Å². The number of benzene rings is 1. The van der Waals surface area contributed by atoms with Crippen LogP contribution in [-0.2, 0) is 22.4 Å². The lowest BCUT2D eigenvalue weighted by molar-refractivity contribution is -0.143. The van der Waals surface area contributed by atoms with E-state index in [0.717, 1.165) is 11.1 Å². The molecular weight excluding hydrogens is 277 g/mol. The normalized spacial score (nSPS) is 13.6. The number of nitrogens with two attached hydrogens (primary N) is 1. The van der Waals surface area contributed by atoms with Crippen molar-refractivity contribution in [2.24, 2.45) is 11.7 Å². The molecule has 0 amide bonds. The van der Waals surface area contributed by atoms with E-state index in [1.165, 1.54) is 0 Å². The van der Waals surface area contributed by atoms with Gasteiger partial charge in [0.2, 0.25) is 0 Å². The van der Waals surface area contributed by atoms with Crippen LogP contribution < -0.4 is 5.73 Å². The van der Waals surface area contributed by atoms with Crippen LogP contribution in [0.2, 0.25) is 0 Å². The van der Waals surface area contributed by atoms with Crippen LogP contribution in [0.1, 0.15) is 24.0 Å². The molecule has 2 atom stereocenters. The standard InChI is InChI=1S/C15H20FNO4/c16-7-1-2-10-3-5-11(6-4-10)8-12(14(18)19)9-13(17)15(20)21/h3-6,12-13H,1-2,7-9,17H2,(H,18,19)(H,20,21)/t12-,13-/m1/s1. The van der Waals surface area contributed by atoms with Crippen molar-refractivity contribution >= 4 is 11.9 Å². The minimum Gasteiger partial charge on any atom is -0.481 e. The molecule has 0 radical (unpaired) electrons. The third kappa shape index (κ3) is 5.91. The Bertz CT molecular complexity index is 475. The molecule has 0 bridgehead atoms. The zero-order valence-corrected chi connectivity index (χ0v) is 11.7. The minimum atomic E-state index is -1.21. The monoisotopic (exact) mass is 297 g/mol. The van der Waals surface area contributed by atoms with E-state index in [2.05, 4.69) is 0 Å². The minimum absolute atomic E-state index is 0.117. The fraction of sp³-hybridized carbons (Fsp3) is 0.467. The molecule has 0 saturated heterocycles. The summed E-state index contributed by atoms with van der Waals surface area (Å²) in [5.74, 6) is -3.11. The topological polar surface area (TPSA) is 101 Å². The summed E-state index contributed by atoms with van der Waals surface area (Å²) in [5.41, 5.74) is 7.18. The van der Waals surface area contributed by atoms with Crippen molar-refractivity contribution in [1.82, 2.24) is 0 Å². The predicted octanol–water partition coefficient (Wildman–Crippen LogP) is 1.63. The van der Waals surface area contributed by atoms with Gasteiger partial charge in [-0.1, -0.05) is 24.3 Å². The van der Waals surface area contributed by atoms with Crippen LogP contribution in [0.5, 0.6) is 0 Å². The van der Waals surface area contributed by atoms with Gasteiger partial charge in [-0.25, -0.2) is 0 Å². The Labute approximate surface area is 122 Å². The van der Waals surface area contributed by atoms with Gasteiger partial charge in [0.15, 0.2) is 0 Å². The Morgan fingerprint density at radius 3 is 2.14 bits per heavy atom. The Morgan fingerprint density at radius 1 is 1.10 bits per heavy atom. The molecule has 0 spiro atoms. The number of hydrogen-bond donors (Lipinski definition) is 3. The molecular formula is C15H20FNO4. The molecule has 0 heterocycles. The summed E-state index contributed by atoms with van der Waals surface area (Å²) in [5, 5.41) is 17.9.